The first-order valence-electron chi connectivity index (χ1n) is 8.63. The molecule has 0 aliphatic carbocycles. The van der Waals surface area contributed by atoms with Crippen molar-refractivity contribution in [1.29, 1.82) is 0 Å². The third-order valence-electron chi connectivity index (χ3n) is 4.54. The number of hydrogen-bond acceptors (Lipinski definition) is 2. The Labute approximate surface area is 166 Å². The van der Waals surface area contributed by atoms with Gasteiger partial charge in [-0.15, -0.1) is 0 Å². The standard InChI is InChI=1S/C20H20BrClN2O2/c21-16-4-1-3-15(13-16)18-5-2-12-24(18)19(25)10-11-23-20(26)14-6-8-17(22)9-7-14/h1,3-4,6-9,13,18H,2,5,10-12H2,(H,23,26). The minimum Gasteiger partial charge on any atom is -0.352 e. The maximum atomic E-state index is 12.6. The maximum absolute atomic E-state index is 12.6. The molecule has 2 aromatic carbocycles. The molecule has 3 rings (SSSR count). The highest BCUT2D eigenvalue weighted by atomic mass is 79.9. The number of carbonyl (C=O) groups excluding carboxylic acids is 2. The molecule has 1 heterocycles. The van der Waals surface area contributed by atoms with Gasteiger partial charge in [0.25, 0.3) is 5.91 Å². The summed E-state index contributed by atoms with van der Waals surface area (Å²) in [7, 11) is 0. The second-order valence-corrected chi connectivity index (χ2v) is 7.67. The SMILES string of the molecule is O=C(NCCC(=O)N1CCCC1c1cccc(Br)c1)c1ccc(Cl)cc1. The zero-order valence-corrected chi connectivity index (χ0v) is 16.6. The van der Waals surface area contributed by atoms with Crippen LogP contribution in [0.3, 0.4) is 0 Å². The summed E-state index contributed by atoms with van der Waals surface area (Å²) in [6.07, 6.45) is 2.27. The number of halogens is 2. The van der Waals surface area contributed by atoms with Crippen molar-refractivity contribution >= 4 is 39.3 Å². The Morgan fingerprint density at radius 2 is 1.96 bits per heavy atom. The molecule has 1 unspecified atom stereocenters. The van der Waals surface area contributed by atoms with Crippen LogP contribution in [0.5, 0.6) is 0 Å². The van der Waals surface area contributed by atoms with E-state index in [4.69, 9.17) is 11.6 Å². The molecule has 1 saturated heterocycles. The van der Waals surface area contributed by atoms with Gasteiger partial charge in [-0.2, -0.15) is 0 Å². The van der Waals surface area contributed by atoms with Crippen molar-refractivity contribution in [1.82, 2.24) is 10.2 Å². The number of benzene rings is 2. The van der Waals surface area contributed by atoms with Gasteiger partial charge in [-0.1, -0.05) is 39.7 Å². The number of rotatable bonds is 5. The summed E-state index contributed by atoms with van der Waals surface area (Å²) >= 11 is 9.32. The Morgan fingerprint density at radius 3 is 2.69 bits per heavy atom. The molecule has 0 bridgehead atoms. The van der Waals surface area contributed by atoms with Gasteiger partial charge in [-0.05, 0) is 54.8 Å². The summed E-state index contributed by atoms with van der Waals surface area (Å²) in [5.41, 5.74) is 1.69. The number of hydrogen-bond donors (Lipinski definition) is 1. The summed E-state index contributed by atoms with van der Waals surface area (Å²) in [5, 5.41) is 3.39. The summed E-state index contributed by atoms with van der Waals surface area (Å²) in [6.45, 7) is 1.09. The van der Waals surface area contributed by atoms with Gasteiger partial charge >= 0.3 is 0 Å². The van der Waals surface area contributed by atoms with Crippen molar-refractivity contribution < 1.29 is 9.59 Å². The number of amides is 2. The third-order valence-corrected chi connectivity index (χ3v) is 5.28. The Bertz CT molecular complexity index is 795. The molecule has 2 aromatic rings. The second-order valence-electron chi connectivity index (χ2n) is 6.31. The van der Waals surface area contributed by atoms with Crippen LogP contribution in [0.1, 0.15) is 41.2 Å². The molecule has 0 saturated carbocycles. The van der Waals surface area contributed by atoms with Gasteiger partial charge < -0.3 is 10.2 Å². The Balaban J connectivity index is 1.54. The van der Waals surface area contributed by atoms with Crippen LogP contribution >= 0.6 is 27.5 Å². The highest BCUT2D eigenvalue weighted by Crippen LogP contribution is 2.33. The third kappa shape index (κ3) is 4.65. The highest BCUT2D eigenvalue weighted by Gasteiger charge is 2.29. The molecular weight excluding hydrogens is 416 g/mol. The highest BCUT2D eigenvalue weighted by molar-refractivity contribution is 9.10. The molecule has 0 spiro atoms. The van der Waals surface area contributed by atoms with E-state index in [0.29, 0.717) is 23.6 Å². The van der Waals surface area contributed by atoms with Gasteiger partial charge in [0, 0.05) is 34.6 Å². The largest absolute Gasteiger partial charge is 0.352 e. The van der Waals surface area contributed by atoms with Crippen LogP contribution < -0.4 is 5.32 Å². The van der Waals surface area contributed by atoms with E-state index in [1.165, 1.54) is 0 Å². The van der Waals surface area contributed by atoms with Crippen LogP contribution in [0.25, 0.3) is 0 Å². The maximum Gasteiger partial charge on any atom is 0.251 e. The first-order valence-corrected chi connectivity index (χ1v) is 9.80. The number of likely N-dealkylation sites (tertiary alicyclic amines) is 1. The van der Waals surface area contributed by atoms with E-state index in [-0.39, 0.29) is 17.9 Å². The second kappa shape index (κ2) is 8.69. The lowest BCUT2D eigenvalue weighted by atomic mass is 10.0. The van der Waals surface area contributed by atoms with E-state index in [9.17, 15) is 9.59 Å². The van der Waals surface area contributed by atoms with Crippen molar-refractivity contribution in [2.24, 2.45) is 0 Å². The molecule has 1 fully saturated rings. The van der Waals surface area contributed by atoms with Gasteiger partial charge in [0.1, 0.15) is 0 Å². The summed E-state index contributed by atoms with van der Waals surface area (Å²) in [4.78, 5) is 26.6. The average Bonchev–Trinajstić information content (AvgIpc) is 3.12. The van der Waals surface area contributed by atoms with E-state index in [1.807, 2.05) is 17.0 Å². The first kappa shape index (κ1) is 18.9. The van der Waals surface area contributed by atoms with Crippen LogP contribution in [0.4, 0.5) is 0 Å². The zero-order chi connectivity index (χ0) is 18.5. The topological polar surface area (TPSA) is 49.4 Å². The van der Waals surface area contributed by atoms with Crippen molar-refractivity contribution in [3.63, 3.8) is 0 Å². The Hall–Kier alpha value is -1.85. The van der Waals surface area contributed by atoms with Crippen LogP contribution in [0.2, 0.25) is 5.02 Å². The van der Waals surface area contributed by atoms with Crippen LogP contribution in [-0.2, 0) is 4.79 Å². The molecule has 0 radical (unpaired) electrons. The first-order chi connectivity index (χ1) is 12.5. The van der Waals surface area contributed by atoms with Gasteiger partial charge in [-0.25, -0.2) is 0 Å². The van der Waals surface area contributed by atoms with E-state index in [2.05, 4.69) is 33.4 Å². The molecular formula is C20H20BrClN2O2. The van der Waals surface area contributed by atoms with E-state index in [1.54, 1.807) is 24.3 Å². The number of nitrogens with one attached hydrogen (secondary N) is 1. The lowest BCUT2D eigenvalue weighted by molar-refractivity contribution is -0.132. The van der Waals surface area contributed by atoms with E-state index >= 15 is 0 Å². The molecule has 136 valence electrons. The summed E-state index contributed by atoms with van der Waals surface area (Å²) in [6, 6.07) is 14.9. The fourth-order valence-electron chi connectivity index (χ4n) is 3.26. The number of carbonyl (C=O) groups is 2. The molecule has 6 heteroatoms. The van der Waals surface area contributed by atoms with Crippen LogP contribution in [0, 0.1) is 0 Å². The Kier molecular flexibility index (Phi) is 6.33. The molecule has 1 atom stereocenters. The average molecular weight is 436 g/mol. The molecule has 4 nitrogen and oxygen atoms in total. The molecule has 1 N–H and O–H groups in total. The van der Waals surface area contributed by atoms with E-state index < -0.39 is 0 Å². The fourth-order valence-corrected chi connectivity index (χ4v) is 3.80. The molecule has 1 aliphatic rings. The van der Waals surface area contributed by atoms with Crippen molar-refractivity contribution in [3.05, 3.63) is 69.2 Å². The molecule has 0 aromatic heterocycles. The van der Waals surface area contributed by atoms with Gasteiger partial charge in [0.15, 0.2) is 0 Å². The minimum absolute atomic E-state index is 0.0730. The summed E-state index contributed by atoms with van der Waals surface area (Å²) in [5.74, 6) is -0.122. The predicted octanol–water partition coefficient (Wildman–Crippen LogP) is 4.59. The van der Waals surface area contributed by atoms with E-state index in [0.717, 1.165) is 29.4 Å². The normalized spacial score (nSPS) is 16.5. The van der Waals surface area contributed by atoms with Crippen molar-refractivity contribution in [2.75, 3.05) is 13.1 Å². The van der Waals surface area contributed by atoms with Crippen LogP contribution in [-0.4, -0.2) is 29.8 Å². The lowest BCUT2D eigenvalue weighted by Crippen LogP contribution is -2.34. The smallest absolute Gasteiger partial charge is 0.251 e. The van der Waals surface area contributed by atoms with Crippen molar-refractivity contribution in [3.8, 4) is 0 Å². The summed E-state index contributed by atoms with van der Waals surface area (Å²) < 4.78 is 1.02. The molecule has 1 aliphatic heterocycles. The van der Waals surface area contributed by atoms with Crippen molar-refractivity contribution in [2.45, 2.75) is 25.3 Å². The number of nitrogens with zero attached hydrogens (tertiary/aromatic N) is 1. The van der Waals surface area contributed by atoms with Gasteiger partial charge in [0.05, 0.1) is 6.04 Å². The predicted molar refractivity (Wildman–Crippen MR) is 106 cm³/mol. The monoisotopic (exact) mass is 434 g/mol. The fraction of sp³-hybridized carbons (Fsp3) is 0.300. The molecule has 2 amide bonds. The lowest BCUT2D eigenvalue weighted by Gasteiger charge is -2.25. The van der Waals surface area contributed by atoms with Gasteiger partial charge in [-0.3, -0.25) is 9.59 Å². The van der Waals surface area contributed by atoms with Crippen LogP contribution in [0.15, 0.2) is 53.0 Å². The van der Waals surface area contributed by atoms with Gasteiger partial charge in [0.2, 0.25) is 5.91 Å². The molecule has 26 heavy (non-hydrogen) atoms. The zero-order valence-electron chi connectivity index (χ0n) is 14.3. The minimum atomic E-state index is -0.195. The quantitative estimate of drug-likeness (QED) is 0.747. The Morgan fingerprint density at radius 1 is 1.19 bits per heavy atom.